The number of benzene rings is 1. The van der Waals surface area contributed by atoms with Crippen LogP contribution in [-0.2, 0) is 0 Å². The van der Waals surface area contributed by atoms with E-state index < -0.39 is 0 Å². The van der Waals surface area contributed by atoms with Crippen LogP contribution in [0.2, 0.25) is 0 Å². The van der Waals surface area contributed by atoms with E-state index in [-0.39, 0.29) is 0 Å². The fourth-order valence-corrected chi connectivity index (χ4v) is 3.05. The van der Waals surface area contributed by atoms with Crippen LogP contribution in [0.4, 0.5) is 5.69 Å². The zero-order valence-corrected chi connectivity index (χ0v) is 12.3. The smallest absolute Gasteiger partial charge is 0.0393 e. The standard InChI is InChI=1S/C16H27N3/c1-14-5-3-4-6-16(14)18(2)13-15-7-10-19(11-8-15)12-9-17/h3-6,15H,7-13,17H2,1-2H3. The number of para-hydroxylation sites is 1. The lowest BCUT2D eigenvalue weighted by Gasteiger charge is -2.34. The molecule has 3 heteroatoms. The first kappa shape index (κ1) is 14.4. The molecule has 0 radical (unpaired) electrons. The summed E-state index contributed by atoms with van der Waals surface area (Å²) in [6, 6.07) is 8.65. The summed E-state index contributed by atoms with van der Waals surface area (Å²) in [4.78, 5) is 4.91. The maximum atomic E-state index is 5.62. The lowest BCUT2D eigenvalue weighted by molar-refractivity contribution is 0.191. The van der Waals surface area contributed by atoms with Crippen molar-refractivity contribution in [2.75, 3.05) is 44.7 Å². The Labute approximate surface area is 117 Å². The normalized spacial score (nSPS) is 17.6. The van der Waals surface area contributed by atoms with Crippen LogP contribution in [0.5, 0.6) is 0 Å². The van der Waals surface area contributed by atoms with E-state index in [0.717, 1.165) is 19.0 Å². The van der Waals surface area contributed by atoms with Crippen molar-refractivity contribution in [1.29, 1.82) is 0 Å². The average molecular weight is 261 g/mol. The molecule has 1 heterocycles. The fraction of sp³-hybridized carbons (Fsp3) is 0.625. The number of nitrogens with zero attached hydrogens (tertiary/aromatic N) is 2. The first-order valence-corrected chi connectivity index (χ1v) is 7.40. The molecule has 1 aromatic carbocycles. The lowest BCUT2D eigenvalue weighted by Crippen LogP contribution is -2.40. The van der Waals surface area contributed by atoms with Gasteiger partial charge in [-0.2, -0.15) is 0 Å². The predicted octanol–water partition coefficient (Wildman–Crippen LogP) is 2.10. The minimum atomic E-state index is 0.785. The first-order valence-electron chi connectivity index (χ1n) is 7.40. The van der Waals surface area contributed by atoms with Crippen molar-refractivity contribution in [3.8, 4) is 0 Å². The first-order chi connectivity index (χ1) is 9.20. The molecule has 0 bridgehead atoms. The Morgan fingerprint density at radius 1 is 1.26 bits per heavy atom. The number of nitrogens with two attached hydrogens (primary N) is 1. The van der Waals surface area contributed by atoms with Gasteiger partial charge < -0.3 is 15.5 Å². The summed E-state index contributed by atoms with van der Waals surface area (Å²) < 4.78 is 0. The summed E-state index contributed by atoms with van der Waals surface area (Å²) in [5, 5.41) is 0. The number of anilines is 1. The number of hydrogen-bond donors (Lipinski definition) is 1. The van der Waals surface area contributed by atoms with Crippen molar-refractivity contribution in [3.63, 3.8) is 0 Å². The van der Waals surface area contributed by atoms with Gasteiger partial charge in [-0.1, -0.05) is 18.2 Å². The van der Waals surface area contributed by atoms with Crippen molar-refractivity contribution in [3.05, 3.63) is 29.8 Å². The molecule has 19 heavy (non-hydrogen) atoms. The minimum absolute atomic E-state index is 0.785. The van der Waals surface area contributed by atoms with E-state index in [0.29, 0.717) is 0 Å². The van der Waals surface area contributed by atoms with Gasteiger partial charge in [0.05, 0.1) is 0 Å². The average Bonchev–Trinajstić information content (AvgIpc) is 2.42. The molecule has 0 aliphatic carbocycles. The molecule has 0 atom stereocenters. The molecule has 1 aromatic rings. The maximum Gasteiger partial charge on any atom is 0.0393 e. The number of piperidine rings is 1. The molecule has 0 amide bonds. The van der Waals surface area contributed by atoms with Gasteiger partial charge in [0.2, 0.25) is 0 Å². The van der Waals surface area contributed by atoms with Crippen molar-refractivity contribution in [2.24, 2.45) is 11.7 Å². The Kier molecular flexibility index (Phi) is 5.23. The Morgan fingerprint density at radius 2 is 1.95 bits per heavy atom. The summed E-state index contributed by atoms with van der Waals surface area (Å²) in [6.07, 6.45) is 2.60. The topological polar surface area (TPSA) is 32.5 Å². The molecular weight excluding hydrogens is 234 g/mol. The van der Waals surface area contributed by atoms with E-state index in [1.807, 2.05) is 0 Å². The van der Waals surface area contributed by atoms with Gasteiger partial charge in [-0.3, -0.25) is 0 Å². The van der Waals surface area contributed by atoms with E-state index in [9.17, 15) is 0 Å². The molecule has 0 spiro atoms. The van der Waals surface area contributed by atoms with Gasteiger partial charge in [0.15, 0.2) is 0 Å². The minimum Gasteiger partial charge on any atom is -0.374 e. The Morgan fingerprint density at radius 3 is 2.58 bits per heavy atom. The van der Waals surface area contributed by atoms with Gasteiger partial charge in [0, 0.05) is 32.4 Å². The quantitative estimate of drug-likeness (QED) is 0.881. The van der Waals surface area contributed by atoms with Crippen LogP contribution in [-0.4, -0.2) is 44.7 Å². The highest BCUT2D eigenvalue weighted by molar-refractivity contribution is 5.52. The van der Waals surface area contributed by atoms with Crippen molar-refractivity contribution in [2.45, 2.75) is 19.8 Å². The molecule has 3 nitrogen and oxygen atoms in total. The third kappa shape index (κ3) is 3.95. The fourth-order valence-electron chi connectivity index (χ4n) is 3.05. The second kappa shape index (κ2) is 6.92. The highest BCUT2D eigenvalue weighted by Gasteiger charge is 2.20. The van der Waals surface area contributed by atoms with Gasteiger partial charge in [-0.05, 0) is 50.4 Å². The van der Waals surface area contributed by atoms with Crippen LogP contribution in [0.15, 0.2) is 24.3 Å². The van der Waals surface area contributed by atoms with Crippen molar-refractivity contribution >= 4 is 5.69 Å². The zero-order chi connectivity index (χ0) is 13.7. The summed E-state index contributed by atoms with van der Waals surface area (Å²) in [5.41, 5.74) is 8.35. The molecule has 1 fully saturated rings. The highest BCUT2D eigenvalue weighted by Crippen LogP contribution is 2.23. The van der Waals surface area contributed by atoms with Crippen molar-refractivity contribution in [1.82, 2.24) is 4.90 Å². The predicted molar refractivity (Wildman–Crippen MR) is 82.7 cm³/mol. The lowest BCUT2D eigenvalue weighted by atomic mass is 9.96. The molecule has 1 aliphatic rings. The van der Waals surface area contributed by atoms with E-state index in [2.05, 4.69) is 48.0 Å². The number of aryl methyl sites for hydroxylation is 1. The summed E-state index contributed by atoms with van der Waals surface area (Å²) in [5.74, 6) is 0.818. The Bertz CT molecular complexity index is 383. The van der Waals surface area contributed by atoms with E-state index >= 15 is 0 Å². The van der Waals surface area contributed by atoms with E-state index in [1.54, 1.807) is 0 Å². The van der Waals surface area contributed by atoms with E-state index in [1.165, 1.54) is 43.7 Å². The second-order valence-electron chi connectivity index (χ2n) is 5.74. The van der Waals surface area contributed by atoms with Gasteiger partial charge in [0.1, 0.15) is 0 Å². The van der Waals surface area contributed by atoms with Gasteiger partial charge >= 0.3 is 0 Å². The van der Waals surface area contributed by atoms with Crippen LogP contribution in [0.3, 0.4) is 0 Å². The molecule has 2 rings (SSSR count). The molecule has 2 N–H and O–H groups in total. The molecule has 1 aliphatic heterocycles. The summed E-state index contributed by atoms with van der Waals surface area (Å²) in [7, 11) is 2.22. The van der Waals surface area contributed by atoms with Crippen LogP contribution >= 0.6 is 0 Å². The molecule has 0 unspecified atom stereocenters. The van der Waals surface area contributed by atoms with Gasteiger partial charge in [0.25, 0.3) is 0 Å². The van der Waals surface area contributed by atoms with Crippen LogP contribution in [0, 0.1) is 12.8 Å². The number of likely N-dealkylation sites (tertiary alicyclic amines) is 1. The third-order valence-electron chi connectivity index (χ3n) is 4.21. The molecule has 0 saturated carbocycles. The van der Waals surface area contributed by atoms with Gasteiger partial charge in [-0.25, -0.2) is 0 Å². The van der Waals surface area contributed by atoms with Crippen molar-refractivity contribution < 1.29 is 0 Å². The second-order valence-corrected chi connectivity index (χ2v) is 5.74. The number of hydrogen-bond acceptors (Lipinski definition) is 3. The Balaban J connectivity index is 1.84. The number of rotatable bonds is 5. The summed E-state index contributed by atoms with van der Waals surface area (Å²) >= 11 is 0. The SMILES string of the molecule is Cc1ccccc1N(C)CC1CCN(CCN)CC1. The highest BCUT2D eigenvalue weighted by atomic mass is 15.1. The third-order valence-corrected chi connectivity index (χ3v) is 4.21. The van der Waals surface area contributed by atoms with Crippen LogP contribution in [0.25, 0.3) is 0 Å². The maximum absolute atomic E-state index is 5.62. The monoisotopic (exact) mass is 261 g/mol. The van der Waals surface area contributed by atoms with Crippen LogP contribution < -0.4 is 10.6 Å². The zero-order valence-electron chi connectivity index (χ0n) is 12.3. The van der Waals surface area contributed by atoms with Crippen LogP contribution in [0.1, 0.15) is 18.4 Å². The summed E-state index contributed by atoms with van der Waals surface area (Å²) in [6.45, 7) is 7.62. The Hall–Kier alpha value is -1.06. The molecule has 106 valence electrons. The molecule has 0 aromatic heterocycles. The molecular formula is C16H27N3. The molecule has 1 saturated heterocycles. The largest absolute Gasteiger partial charge is 0.374 e. The van der Waals surface area contributed by atoms with Gasteiger partial charge in [-0.15, -0.1) is 0 Å². The van der Waals surface area contributed by atoms with E-state index in [4.69, 9.17) is 5.73 Å².